The van der Waals surface area contributed by atoms with Gasteiger partial charge in [-0.15, -0.1) is 23.4 Å². The summed E-state index contributed by atoms with van der Waals surface area (Å²) >= 11 is 6.69. The van der Waals surface area contributed by atoms with Crippen LogP contribution in [0.1, 0.15) is 0 Å². The van der Waals surface area contributed by atoms with Gasteiger partial charge in [-0.05, 0) is 0 Å². The highest BCUT2D eigenvalue weighted by molar-refractivity contribution is 8.00. The summed E-state index contributed by atoms with van der Waals surface area (Å²) in [6, 6.07) is -0.732. The quantitative estimate of drug-likeness (QED) is 0.540. The molecule has 0 saturated carbocycles. The molecule has 0 unspecified atom stereocenters. The largest absolute Gasteiger partial charge is 0.498 e. The number of aliphatic carboxylic acids is 1. The summed E-state index contributed by atoms with van der Waals surface area (Å²) in [5.41, 5.74) is -0.160. The Labute approximate surface area is 117 Å². The fraction of sp³-hybridized carbons (Fsp3) is 0.500. The third-order valence-electron chi connectivity index (χ3n) is 2.82. The number of nitrogens with zero attached hydrogens (tertiary/aromatic N) is 1. The number of amides is 2. The van der Waals surface area contributed by atoms with Crippen molar-refractivity contribution >= 4 is 41.1 Å². The number of hydrogen-bond acceptors (Lipinski definition) is 5. The fourth-order valence-electron chi connectivity index (χ4n) is 1.96. The molecule has 2 aliphatic rings. The number of ether oxygens (including phenoxy) is 1. The lowest BCUT2D eigenvalue weighted by Gasteiger charge is -2.48. The smallest absolute Gasteiger partial charge is 0.356 e. The van der Waals surface area contributed by atoms with Crippen LogP contribution in [0.4, 0.5) is 0 Å². The zero-order valence-corrected chi connectivity index (χ0v) is 11.5. The molecule has 2 aliphatic heterocycles. The maximum atomic E-state index is 11.9. The van der Waals surface area contributed by atoms with E-state index in [0.29, 0.717) is 5.75 Å². The first-order valence-electron chi connectivity index (χ1n) is 5.31. The van der Waals surface area contributed by atoms with Gasteiger partial charge in [0.05, 0.1) is 12.9 Å². The lowest BCUT2D eigenvalue weighted by atomic mass is 10.0. The van der Waals surface area contributed by atoms with E-state index >= 15 is 0 Å². The number of hydrogen-bond donors (Lipinski definition) is 2. The first kappa shape index (κ1) is 14.0. The molecule has 0 aromatic rings. The molecule has 0 bridgehead atoms. The first-order valence-corrected chi connectivity index (χ1v) is 6.90. The average molecular weight is 307 g/mol. The molecule has 0 aromatic heterocycles. The van der Waals surface area contributed by atoms with Crippen molar-refractivity contribution in [2.75, 3.05) is 18.7 Å². The van der Waals surface area contributed by atoms with Crippen LogP contribution in [0.2, 0.25) is 0 Å². The highest BCUT2D eigenvalue weighted by Crippen LogP contribution is 2.40. The van der Waals surface area contributed by atoms with Crippen LogP contribution in [0, 0.1) is 0 Å². The minimum Gasteiger partial charge on any atom is -0.498 e. The van der Waals surface area contributed by atoms with Crippen LogP contribution in [0.5, 0.6) is 0 Å². The Bertz CT molecular complexity index is 481. The summed E-state index contributed by atoms with van der Waals surface area (Å²) in [7, 11) is 1.36. The summed E-state index contributed by atoms with van der Waals surface area (Å²) < 4.78 is 4.98. The summed E-state index contributed by atoms with van der Waals surface area (Å²) in [5.74, 6) is -1.82. The molecule has 2 heterocycles. The molecule has 1 fully saturated rings. The Morgan fingerprint density at radius 2 is 2.32 bits per heavy atom. The molecule has 1 saturated heterocycles. The topological polar surface area (TPSA) is 95.9 Å². The summed E-state index contributed by atoms with van der Waals surface area (Å²) in [6.45, 7) is 0. The zero-order valence-electron chi connectivity index (χ0n) is 9.88. The van der Waals surface area contributed by atoms with Crippen molar-refractivity contribution in [2.45, 2.75) is 11.4 Å². The van der Waals surface area contributed by atoms with E-state index < -0.39 is 29.2 Å². The van der Waals surface area contributed by atoms with Gasteiger partial charge in [0.2, 0.25) is 5.91 Å². The molecule has 9 heteroatoms. The number of nitrogens with one attached hydrogen (secondary N) is 1. The van der Waals surface area contributed by atoms with Gasteiger partial charge in [0.25, 0.3) is 5.91 Å². The van der Waals surface area contributed by atoms with Gasteiger partial charge in [0.1, 0.15) is 23.1 Å². The second-order valence-corrected chi connectivity index (χ2v) is 5.24. The van der Waals surface area contributed by atoms with E-state index in [1.807, 2.05) is 0 Å². The Morgan fingerprint density at radius 3 is 2.84 bits per heavy atom. The molecule has 2 atom stereocenters. The van der Waals surface area contributed by atoms with Gasteiger partial charge in [-0.1, -0.05) is 0 Å². The van der Waals surface area contributed by atoms with Gasteiger partial charge < -0.3 is 15.2 Å². The molecule has 0 aromatic carbocycles. The minimum atomic E-state index is -1.22. The second kappa shape index (κ2) is 5.30. The molecule has 2 amide bonds. The van der Waals surface area contributed by atoms with Crippen molar-refractivity contribution in [1.29, 1.82) is 0 Å². The highest BCUT2D eigenvalue weighted by Gasteiger charge is 2.54. The molecule has 0 spiro atoms. The molecular formula is C10H11ClN2O5S. The number of carboxylic acid groups (broad SMARTS) is 1. The van der Waals surface area contributed by atoms with Crippen LogP contribution in [-0.2, 0) is 19.1 Å². The van der Waals surface area contributed by atoms with E-state index in [2.05, 4.69) is 5.32 Å². The first-order chi connectivity index (χ1) is 9.01. The lowest BCUT2D eigenvalue weighted by molar-refractivity contribution is -0.151. The van der Waals surface area contributed by atoms with Crippen LogP contribution in [-0.4, -0.2) is 57.9 Å². The van der Waals surface area contributed by atoms with Gasteiger partial charge in [0, 0.05) is 0 Å². The average Bonchev–Trinajstić information content (AvgIpc) is 2.42. The SMILES string of the molecule is COC1=C(C(=O)O)N2C(=O)[C@@H](NC(=O)CCl)[C@@H]2SC1. The van der Waals surface area contributed by atoms with Crippen molar-refractivity contribution in [3.8, 4) is 0 Å². The summed E-state index contributed by atoms with van der Waals surface area (Å²) in [4.78, 5) is 35.4. The number of halogens is 1. The summed E-state index contributed by atoms with van der Waals surface area (Å²) in [6.07, 6.45) is 0. The molecule has 0 radical (unpaired) electrons. The molecule has 7 nitrogen and oxygen atoms in total. The Balaban J connectivity index is 2.21. The molecule has 0 aliphatic carbocycles. The third-order valence-corrected chi connectivity index (χ3v) is 4.32. The van der Waals surface area contributed by atoms with Gasteiger partial charge in [-0.25, -0.2) is 4.79 Å². The normalized spacial score (nSPS) is 25.6. The zero-order chi connectivity index (χ0) is 14.2. The number of carbonyl (C=O) groups is 3. The molecule has 104 valence electrons. The summed E-state index contributed by atoms with van der Waals surface area (Å²) in [5, 5.41) is 11.2. The van der Waals surface area contributed by atoms with Crippen LogP contribution in [0.25, 0.3) is 0 Å². The maximum Gasteiger partial charge on any atom is 0.356 e. The number of carboxylic acids is 1. The molecule has 2 N–H and O–H groups in total. The highest BCUT2D eigenvalue weighted by atomic mass is 35.5. The van der Waals surface area contributed by atoms with Gasteiger partial charge in [-0.3, -0.25) is 14.5 Å². The van der Waals surface area contributed by atoms with E-state index in [9.17, 15) is 14.4 Å². The van der Waals surface area contributed by atoms with Crippen LogP contribution in [0.15, 0.2) is 11.5 Å². The van der Waals surface area contributed by atoms with Gasteiger partial charge in [0.15, 0.2) is 5.70 Å². The number of alkyl halides is 1. The Hall–Kier alpha value is -1.41. The van der Waals surface area contributed by atoms with Crippen LogP contribution < -0.4 is 5.32 Å². The number of carbonyl (C=O) groups excluding carboxylic acids is 2. The minimum absolute atomic E-state index is 0.160. The monoisotopic (exact) mass is 306 g/mol. The second-order valence-electron chi connectivity index (χ2n) is 3.87. The molecule has 19 heavy (non-hydrogen) atoms. The third kappa shape index (κ3) is 2.25. The van der Waals surface area contributed by atoms with Crippen LogP contribution in [0.3, 0.4) is 0 Å². The van der Waals surface area contributed by atoms with Crippen molar-refractivity contribution in [3.63, 3.8) is 0 Å². The number of β-lactam (4-membered cyclic amide) rings is 1. The van der Waals surface area contributed by atoms with E-state index in [0.717, 1.165) is 4.90 Å². The molecule has 2 rings (SSSR count). The van der Waals surface area contributed by atoms with E-state index in [4.69, 9.17) is 21.4 Å². The van der Waals surface area contributed by atoms with E-state index in [1.54, 1.807) is 0 Å². The van der Waals surface area contributed by atoms with Crippen molar-refractivity contribution < 1.29 is 24.2 Å². The number of thioether (sulfide) groups is 1. The predicted octanol–water partition coefficient (Wildman–Crippen LogP) is -0.432. The van der Waals surface area contributed by atoms with E-state index in [-0.39, 0.29) is 17.3 Å². The van der Waals surface area contributed by atoms with Gasteiger partial charge >= 0.3 is 5.97 Å². The predicted molar refractivity (Wildman–Crippen MR) is 67.4 cm³/mol. The van der Waals surface area contributed by atoms with Crippen molar-refractivity contribution in [2.24, 2.45) is 0 Å². The van der Waals surface area contributed by atoms with E-state index in [1.165, 1.54) is 18.9 Å². The number of rotatable bonds is 4. The maximum absolute atomic E-state index is 11.9. The van der Waals surface area contributed by atoms with Gasteiger partial charge in [-0.2, -0.15) is 0 Å². The van der Waals surface area contributed by atoms with Crippen molar-refractivity contribution in [3.05, 3.63) is 11.5 Å². The number of methoxy groups -OCH3 is 1. The van der Waals surface area contributed by atoms with Crippen LogP contribution >= 0.6 is 23.4 Å². The fourth-order valence-corrected chi connectivity index (χ4v) is 3.35. The molecular weight excluding hydrogens is 296 g/mol. The van der Waals surface area contributed by atoms with Crippen molar-refractivity contribution in [1.82, 2.24) is 10.2 Å². The number of fused-ring (bicyclic) bond motifs is 1. The Kier molecular flexibility index (Phi) is 3.91. The Morgan fingerprint density at radius 1 is 1.63 bits per heavy atom. The lowest BCUT2D eigenvalue weighted by Crippen LogP contribution is -2.70. The standard InChI is InChI=1S/C10H11ClN2O5S/c1-18-4-3-19-9-6(12-5(14)2-11)8(15)13(9)7(4)10(16)17/h6,9H,2-3H2,1H3,(H,12,14)(H,16,17)/t6-,9+/m1/s1.